The number of primary amides is 1. The molecule has 0 spiro atoms. The summed E-state index contributed by atoms with van der Waals surface area (Å²) in [5.74, 6) is -0.723. The summed E-state index contributed by atoms with van der Waals surface area (Å²) >= 11 is 0. The third kappa shape index (κ3) is 4.14. The first-order valence-electron chi connectivity index (χ1n) is 9.73. The van der Waals surface area contributed by atoms with Gasteiger partial charge < -0.3 is 5.73 Å². The van der Waals surface area contributed by atoms with E-state index in [1.54, 1.807) is 6.20 Å². The summed E-state index contributed by atoms with van der Waals surface area (Å²) in [6.45, 7) is 8.61. The van der Waals surface area contributed by atoms with E-state index < -0.39 is 5.92 Å². The molecular formula is C23H28N4O. The molecule has 0 aliphatic heterocycles. The van der Waals surface area contributed by atoms with Gasteiger partial charge in [-0.05, 0) is 47.7 Å². The molecule has 146 valence electrons. The second kappa shape index (κ2) is 7.97. The number of pyridine rings is 1. The van der Waals surface area contributed by atoms with Crippen LogP contribution in [-0.4, -0.2) is 20.7 Å². The Labute approximate surface area is 166 Å². The first kappa shape index (κ1) is 19.8. The van der Waals surface area contributed by atoms with Gasteiger partial charge >= 0.3 is 0 Å². The largest absolute Gasteiger partial charge is 0.369 e. The van der Waals surface area contributed by atoms with Crippen molar-refractivity contribution in [1.29, 1.82) is 0 Å². The zero-order chi connectivity index (χ0) is 20.3. The summed E-state index contributed by atoms with van der Waals surface area (Å²) in [6.07, 6.45) is 3.28. The predicted molar refractivity (Wildman–Crippen MR) is 112 cm³/mol. The number of nitrogens with two attached hydrogens (primary N) is 1. The number of nitrogens with zero attached hydrogens (tertiary/aromatic N) is 3. The summed E-state index contributed by atoms with van der Waals surface area (Å²) in [5.41, 5.74) is 10.3. The van der Waals surface area contributed by atoms with E-state index in [1.165, 1.54) is 5.56 Å². The van der Waals surface area contributed by atoms with Crippen LogP contribution in [0.15, 0.2) is 54.7 Å². The summed E-state index contributed by atoms with van der Waals surface area (Å²) < 4.78 is 1.83. The normalized spacial score (nSPS) is 12.7. The lowest BCUT2D eigenvalue weighted by Gasteiger charge is -2.20. The first-order valence-corrected chi connectivity index (χ1v) is 9.73. The molecule has 0 aliphatic carbocycles. The molecule has 0 saturated carbocycles. The fraction of sp³-hybridized carbons (Fsp3) is 0.348. The minimum absolute atomic E-state index is 0.0720. The Hall–Kier alpha value is -2.95. The van der Waals surface area contributed by atoms with Crippen LogP contribution in [0.4, 0.5) is 0 Å². The van der Waals surface area contributed by atoms with Gasteiger partial charge in [-0.3, -0.25) is 9.78 Å². The minimum Gasteiger partial charge on any atom is -0.369 e. The Morgan fingerprint density at radius 2 is 1.82 bits per heavy atom. The van der Waals surface area contributed by atoms with Crippen LogP contribution < -0.4 is 5.73 Å². The molecule has 1 aromatic carbocycles. The minimum atomic E-state index is -0.391. The number of benzene rings is 1. The topological polar surface area (TPSA) is 73.8 Å². The lowest BCUT2D eigenvalue weighted by Crippen LogP contribution is -2.23. The molecule has 2 N–H and O–H groups in total. The van der Waals surface area contributed by atoms with E-state index in [4.69, 9.17) is 10.8 Å². The molecule has 2 aromatic heterocycles. The van der Waals surface area contributed by atoms with Crippen molar-refractivity contribution >= 4 is 5.91 Å². The SMILES string of the molecule is CCCC(C(N)=O)c1cc(-c2ccccn2)nn1-c1ccc(C(C)(C)C)cc1. The molecule has 0 radical (unpaired) electrons. The zero-order valence-electron chi connectivity index (χ0n) is 17.0. The second-order valence-electron chi connectivity index (χ2n) is 8.12. The van der Waals surface area contributed by atoms with Crippen molar-refractivity contribution < 1.29 is 4.79 Å². The van der Waals surface area contributed by atoms with Crippen molar-refractivity contribution in [2.75, 3.05) is 0 Å². The third-order valence-electron chi connectivity index (χ3n) is 4.92. The monoisotopic (exact) mass is 376 g/mol. The number of hydrogen-bond donors (Lipinski definition) is 1. The molecule has 3 rings (SSSR count). The van der Waals surface area contributed by atoms with E-state index in [-0.39, 0.29) is 11.3 Å². The predicted octanol–water partition coefficient (Wildman–Crippen LogP) is 4.60. The molecule has 3 aromatic rings. The molecule has 0 fully saturated rings. The molecule has 28 heavy (non-hydrogen) atoms. The standard InChI is InChI=1S/C23H28N4O/c1-5-8-18(22(24)28)21-15-20(19-9-6-7-14-25-19)26-27(21)17-12-10-16(11-13-17)23(2,3)4/h6-7,9-15,18H,5,8H2,1-4H3,(H2,24,28). The molecule has 0 saturated heterocycles. The lowest BCUT2D eigenvalue weighted by molar-refractivity contribution is -0.119. The van der Waals surface area contributed by atoms with Crippen LogP contribution in [0, 0.1) is 0 Å². The summed E-state index contributed by atoms with van der Waals surface area (Å²) in [5, 5.41) is 4.77. The molecule has 0 aliphatic rings. The summed E-state index contributed by atoms with van der Waals surface area (Å²) in [4.78, 5) is 16.6. The molecular weight excluding hydrogens is 348 g/mol. The van der Waals surface area contributed by atoms with Gasteiger partial charge in [0.15, 0.2) is 0 Å². The maximum atomic E-state index is 12.2. The molecule has 2 heterocycles. The van der Waals surface area contributed by atoms with Crippen LogP contribution in [0.1, 0.15) is 57.7 Å². The van der Waals surface area contributed by atoms with Crippen molar-refractivity contribution in [3.05, 3.63) is 66.0 Å². The van der Waals surface area contributed by atoms with Crippen molar-refractivity contribution in [2.24, 2.45) is 5.73 Å². The van der Waals surface area contributed by atoms with Crippen LogP contribution in [0.3, 0.4) is 0 Å². The number of amides is 1. The number of carbonyl (C=O) groups is 1. The molecule has 1 amide bonds. The summed E-state index contributed by atoms with van der Waals surface area (Å²) in [6, 6.07) is 16.0. The van der Waals surface area contributed by atoms with Crippen LogP contribution in [-0.2, 0) is 10.2 Å². The average molecular weight is 377 g/mol. The molecule has 1 atom stereocenters. The van der Waals surface area contributed by atoms with Crippen molar-refractivity contribution in [3.8, 4) is 17.1 Å². The Bertz CT molecular complexity index is 937. The van der Waals surface area contributed by atoms with E-state index in [0.717, 1.165) is 29.2 Å². The van der Waals surface area contributed by atoms with Crippen LogP contribution in [0.5, 0.6) is 0 Å². The number of carbonyl (C=O) groups excluding carboxylic acids is 1. The average Bonchev–Trinajstić information content (AvgIpc) is 3.11. The van der Waals surface area contributed by atoms with Crippen molar-refractivity contribution in [1.82, 2.24) is 14.8 Å². The molecule has 1 unspecified atom stereocenters. The van der Waals surface area contributed by atoms with Gasteiger partial charge in [0.25, 0.3) is 0 Å². The van der Waals surface area contributed by atoms with Gasteiger partial charge in [-0.25, -0.2) is 4.68 Å². The highest BCUT2D eigenvalue weighted by Crippen LogP contribution is 2.29. The highest BCUT2D eigenvalue weighted by Gasteiger charge is 2.24. The van der Waals surface area contributed by atoms with E-state index >= 15 is 0 Å². The van der Waals surface area contributed by atoms with Gasteiger partial charge in [-0.1, -0.05) is 52.3 Å². The molecule has 5 nitrogen and oxygen atoms in total. The van der Waals surface area contributed by atoms with Gasteiger partial charge in [0.1, 0.15) is 5.69 Å². The number of rotatable bonds is 6. The van der Waals surface area contributed by atoms with Crippen molar-refractivity contribution in [3.63, 3.8) is 0 Å². The Balaban J connectivity index is 2.12. The van der Waals surface area contributed by atoms with Gasteiger partial charge in [0.2, 0.25) is 5.91 Å². The van der Waals surface area contributed by atoms with E-state index in [9.17, 15) is 4.79 Å². The zero-order valence-corrected chi connectivity index (χ0v) is 17.0. The lowest BCUT2D eigenvalue weighted by atomic mass is 9.87. The highest BCUT2D eigenvalue weighted by atomic mass is 16.1. The Morgan fingerprint density at radius 3 is 2.36 bits per heavy atom. The third-order valence-corrected chi connectivity index (χ3v) is 4.92. The first-order chi connectivity index (χ1) is 13.3. The van der Waals surface area contributed by atoms with Crippen LogP contribution >= 0.6 is 0 Å². The Kier molecular flexibility index (Phi) is 5.63. The maximum absolute atomic E-state index is 12.2. The highest BCUT2D eigenvalue weighted by molar-refractivity contribution is 5.82. The van der Waals surface area contributed by atoms with Gasteiger partial charge in [0.05, 0.1) is 23.0 Å². The Morgan fingerprint density at radius 1 is 1.11 bits per heavy atom. The van der Waals surface area contributed by atoms with E-state index in [0.29, 0.717) is 6.42 Å². The molecule has 0 bridgehead atoms. The van der Waals surface area contributed by atoms with Gasteiger partial charge in [-0.15, -0.1) is 0 Å². The fourth-order valence-electron chi connectivity index (χ4n) is 3.32. The smallest absolute Gasteiger partial charge is 0.226 e. The quantitative estimate of drug-likeness (QED) is 0.683. The van der Waals surface area contributed by atoms with Crippen LogP contribution in [0.25, 0.3) is 17.1 Å². The number of hydrogen-bond acceptors (Lipinski definition) is 3. The van der Waals surface area contributed by atoms with Gasteiger partial charge in [0, 0.05) is 6.20 Å². The molecule has 5 heteroatoms. The fourth-order valence-corrected chi connectivity index (χ4v) is 3.32. The van der Waals surface area contributed by atoms with E-state index in [1.807, 2.05) is 41.1 Å². The van der Waals surface area contributed by atoms with Crippen molar-refractivity contribution in [2.45, 2.75) is 51.9 Å². The van der Waals surface area contributed by atoms with E-state index in [2.05, 4.69) is 44.8 Å². The van der Waals surface area contributed by atoms with Gasteiger partial charge in [-0.2, -0.15) is 5.10 Å². The second-order valence-corrected chi connectivity index (χ2v) is 8.12. The maximum Gasteiger partial charge on any atom is 0.226 e. The summed E-state index contributed by atoms with van der Waals surface area (Å²) in [7, 11) is 0. The number of aromatic nitrogens is 3. The van der Waals surface area contributed by atoms with Crippen LogP contribution in [0.2, 0.25) is 0 Å².